The van der Waals surface area contributed by atoms with Gasteiger partial charge in [-0.25, -0.2) is 4.79 Å². The van der Waals surface area contributed by atoms with Crippen LogP contribution in [0, 0.1) is 0 Å². The average Bonchev–Trinajstić information content (AvgIpc) is 2.77. The van der Waals surface area contributed by atoms with Crippen LogP contribution >= 0.6 is 23.2 Å². The molecule has 154 valence electrons. The summed E-state index contributed by atoms with van der Waals surface area (Å²) in [5.41, 5.74) is 0.814. The molecule has 0 aliphatic heterocycles. The third-order valence-corrected chi connectivity index (χ3v) is 5.68. The zero-order chi connectivity index (χ0) is 22.3. The first-order valence-electron chi connectivity index (χ1n) is 9.31. The van der Waals surface area contributed by atoms with Gasteiger partial charge in [0.05, 0.1) is 16.1 Å². The number of rotatable bonds is 4. The minimum absolute atomic E-state index is 0.0449. The summed E-state index contributed by atoms with van der Waals surface area (Å²) < 4.78 is 5.28. The molecule has 0 heterocycles. The maximum Gasteiger partial charge on any atom is 0.340 e. The maximum absolute atomic E-state index is 12.9. The van der Waals surface area contributed by atoms with Crippen molar-refractivity contribution >= 4 is 46.5 Å². The fourth-order valence-electron chi connectivity index (χ4n) is 3.43. The predicted octanol–water partition coefficient (Wildman–Crippen LogP) is 5.20. The van der Waals surface area contributed by atoms with Crippen LogP contribution in [0.5, 0.6) is 0 Å². The van der Waals surface area contributed by atoms with Gasteiger partial charge in [0.2, 0.25) is 5.78 Å². The second-order valence-corrected chi connectivity index (χ2v) is 7.79. The van der Waals surface area contributed by atoms with Crippen molar-refractivity contribution in [2.24, 2.45) is 0 Å². The van der Waals surface area contributed by atoms with Gasteiger partial charge in [-0.1, -0.05) is 47.5 Å². The lowest BCUT2D eigenvalue weighted by Gasteiger charge is -2.20. The summed E-state index contributed by atoms with van der Waals surface area (Å²) in [6.45, 7) is 1.44. The molecule has 1 aliphatic rings. The van der Waals surface area contributed by atoms with Gasteiger partial charge in [0.1, 0.15) is 0 Å². The van der Waals surface area contributed by atoms with Gasteiger partial charge < -0.3 is 4.74 Å². The SMILES string of the molecule is CC(OC(=O)c1ccc2c(c1Cl)C(=O)c1ccccc1C2=O)C(=O)c1ccc(Cl)cc1. The van der Waals surface area contributed by atoms with Crippen molar-refractivity contribution in [3.05, 3.63) is 104 Å². The Bertz CT molecular complexity index is 1260. The summed E-state index contributed by atoms with van der Waals surface area (Å²) in [5, 5.41) is 0.296. The van der Waals surface area contributed by atoms with Crippen molar-refractivity contribution in [1.29, 1.82) is 0 Å². The van der Waals surface area contributed by atoms with E-state index in [1.807, 2.05) is 0 Å². The molecule has 3 aromatic carbocycles. The van der Waals surface area contributed by atoms with Crippen LogP contribution in [0.15, 0.2) is 60.7 Å². The second-order valence-electron chi connectivity index (χ2n) is 6.97. The number of Topliss-reactive ketones (excluding diaryl/α,β-unsaturated/α-hetero) is 1. The van der Waals surface area contributed by atoms with Crippen LogP contribution in [-0.4, -0.2) is 29.4 Å². The first-order chi connectivity index (χ1) is 14.8. The van der Waals surface area contributed by atoms with E-state index < -0.39 is 23.6 Å². The molecule has 0 bridgehead atoms. The minimum atomic E-state index is -1.10. The van der Waals surface area contributed by atoms with Crippen molar-refractivity contribution in [3.8, 4) is 0 Å². The quantitative estimate of drug-likeness (QED) is 0.314. The first-order valence-corrected chi connectivity index (χ1v) is 10.1. The second kappa shape index (κ2) is 8.10. The van der Waals surface area contributed by atoms with Gasteiger partial charge in [-0.05, 0) is 43.3 Å². The molecule has 1 unspecified atom stereocenters. The highest BCUT2D eigenvalue weighted by molar-refractivity contribution is 6.41. The number of benzene rings is 3. The molecule has 3 aromatic rings. The molecule has 4 rings (SSSR count). The molecule has 0 saturated heterocycles. The number of carbonyl (C=O) groups excluding carboxylic acids is 4. The number of hydrogen-bond donors (Lipinski definition) is 0. The summed E-state index contributed by atoms with van der Waals surface area (Å²) in [5.74, 6) is -2.09. The van der Waals surface area contributed by atoms with Crippen molar-refractivity contribution in [3.63, 3.8) is 0 Å². The lowest BCUT2D eigenvalue weighted by molar-refractivity contribution is 0.0319. The number of esters is 1. The lowest BCUT2D eigenvalue weighted by atomic mass is 9.83. The molecule has 0 amide bonds. The molecular weight excluding hydrogens is 439 g/mol. The molecule has 5 nitrogen and oxygen atoms in total. The van der Waals surface area contributed by atoms with E-state index in [9.17, 15) is 19.2 Å². The average molecular weight is 453 g/mol. The predicted molar refractivity (Wildman–Crippen MR) is 115 cm³/mol. The first kappa shape index (κ1) is 21.0. The highest BCUT2D eigenvalue weighted by Crippen LogP contribution is 2.34. The number of carbonyl (C=O) groups is 4. The molecule has 0 aromatic heterocycles. The lowest BCUT2D eigenvalue weighted by Crippen LogP contribution is -2.26. The van der Waals surface area contributed by atoms with Gasteiger partial charge in [-0.2, -0.15) is 0 Å². The molecule has 0 saturated carbocycles. The van der Waals surface area contributed by atoms with Gasteiger partial charge in [-0.15, -0.1) is 0 Å². The third kappa shape index (κ3) is 3.67. The summed E-state index contributed by atoms with van der Waals surface area (Å²) in [7, 11) is 0. The van der Waals surface area contributed by atoms with E-state index in [1.54, 1.807) is 30.3 Å². The van der Waals surface area contributed by atoms with Crippen LogP contribution in [0.4, 0.5) is 0 Å². The Morgan fingerprint density at radius 1 is 0.806 bits per heavy atom. The van der Waals surface area contributed by atoms with Crippen molar-refractivity contribution in [2.75, 3.05) is 0 Å². The van der Waals surface area contributed by atoms with Gasteiger partial charge in [-0.3, -0.25) is 14.4 Å². The van der Waals surface area contributed by atoms with E-state index >= 15 is 0 Å². The molecule has 0 fully saturated rings. The van der Waals surface area contributed by atoms with Crippen LogP contribution in [0.3, 0.4) is 0 Å². The van der Waals surface area contributed by atoms with E-state index in [1.165, 1.54) is 37.3 Å². The van der Waals surface area contributed by atoms with Gasteiger partial charge in [0, 0.05) is 27.3 Å². The standard InChI is InChI=1S/C24H14Cl2O5/c1-12(21(27)13-6-8-14(25)9-7-13)31-24(30)18-11-10-17-19(20(18)26)23(29)16-5-3-2-4-15(16)22(17)28/h2-12H,1H3. The number of halogens is 2. The summed E-state index contributed by atoms with van der Waals surface area (Å²) >= 11 is 12.2. The van der Waals surface area contributed by atoms with E-state index in [2.05, 4.69) is 0 Å². The van der Waals surface area contributed by atoms with Crippen LogP contribution in [-0.2, 0) is 4.74 Å². The van der Waals surface area contributed by atoms with Gasteiger partial charge in [0.15, 0.2) is 17.7 Å². The summed E-state index contributed by atoms with van der Waals surface area (Å²) in [6, 6.07) is 15.3. The number of ether oxygens (including phenoxy) is 1. The highest BCUT2D eigenvalue weighted by Gasteiger charge is 2.33. The molecule has 0 N–H and O–H groups in total. The number of hydrogen-bond acceptors (Lipinski definition) is 5. The Hall–Kier alpha value is -3.28. The smallest absolute Gasteiger partial charge is 0.340 e. The van der Waals surface area contributed by atoms with Crippen LogP contribution in [0.2, 0.25) is 10.0 Å². The molecule has 0 radical (unpaired) electrons. The Morgan fingerprint density at radius 2 is 1.42 bits per heavy atom. The molecule has 31 heavy (non-hydrogen) atoms. The Kier molecular flexibility index (Phi) is 5.48. The largest absolute Gasteiger partial charge is 0.451 e. The summed E-state index contributed by atoms with van der Waals surface area (Å²) in [4.78, 5) is 50.9. The van der Waals surface area contributed by atoms with Crippen molar-refractivity contribution in [1.82, 2.24) is 0 Å². The monoisotopic (exact) mass is 452 g/mol. The van der Waals surface area contributed by atoms with Crippen LogP contribution in [0.1, 0.15) is 59.5 Å². The Balaban J connectivity index is 1.63. The fourth-order valence-corrected chi connectivity index (χ4v) is 3.88. The number of fused-ring (bicyclic) bond motifs is 2. The number of ketones is 3. The normalized spacial score (nSPS) is 13.3. The molecule has 1 aliphatic carbocycles. The Morgan fingerprint density at radius 3 is 2.06 bits per heavy atom. The Labute approximate surface area is 187 Å². The molecule has 0 spiro atoms. The molecule has 1 atom stereocenters. The van der Waals surface area contributed by atoms with Crippen molar-refractivity contribution < 1.29 is 23.9 Å². The maximum atomic E-state index is 12.9. The van der Waals surface area contributed by atoms with E-state index in [4.69, 9.17) is 27.9 Å². The van der Waals surface area contributed by atoms with E-state index in [-0.39, 0.29) is 38.6 Å². The minimum Gasteiger partial charge on any atom is -0.451 e. The van der Waals surface area contributed by atoms with Crippen molar-refractivity contribution in [2.45, 2.75) is 13.0 Å². The van der Waals surface area contributed by atoms with Gasteiger partial charge in [0.25, 0.3) is 0 Å². The van der Waals surface area contributed by atoms with E-state index in [0.717, 1.165) is 0 Å². The van der Waals surface area contributed by atoms with Crippen LogP contribution < -0.4 is 0 Å². The van der Waals surface area contributed by atoms with Crippen LogP contribution in [0.25, 0.3) is 0 Å². The zero-order valence-electron chi connectivity index (χ0n) is 16.1. The fraction of sp³-hybridized carbons (Fsp3) is 0.0833. The topological polar surface area (TPSA) is 77.5 Å². The van der Waals surface area contributed by atoms with Gasteiger partial charge >= 0.3 is 5.97 Å². The third-order valence-electron chi connectivity index (χ3n) is 5.03. The molecule has 7 heteroatoms. The highest BCUT2D eigenvalue weighted by atomic mass is 35.5. The zero-order valence-corrected chi connectivity index (χ0v) is 17.7. The molecular formula is C24H14Cl2O5. The summed E-state index contributed by atoms with van der Waals surface area (Å²) in [6.07, 6.45) is -1.10. The van der Waals surface area contributed by atoms with E-state index in [0.29, 0.717) is 10.6 Å².